The van der Waals surface area contributed by atoms with Gasteiger partial charge in [-0.05, 0) is 56.5 Å². The zero-order valence-corrected chi connectivity index (χ0v) is 18.6. The van der Waals surface area contributed by atoms with E-state index in [1.165, 1.54) is 0 Å². The van der Waals surface area contributed by atoms with Crippen LogP contribution in [0.1, 0.15) is 34.3 Å². The Morgan fingerprint density at radius 2 is 1.73 bits per heavy atom. The maximum Gasteiger partial charge on any atom is 0.338 e. The summed E-state index contributed by atoms with van der Waals surface area (Å²) >= 11 is 0. The molecule has 0 aliphatic carbocycles. The van der Waals surface area contributed by atoms with Crippen LogP contribution < -0.4 is 10.1 Å². The average molecular weight is 444 g/mol. The van der Waals surface area contributed by atoms with Gasteiger partial charge in [0.05, 0.1) is 16.8 Å². The van der Waals surface area contributed by atoms with Crippen LogP contribution in [0.4, 0.5) is 5.69 Å². The number of carbonyl (C=O) groups excluding carboxylic acids is 2. The molecule has 0 spiro atoms. The number of carbonyl (C=O) groups is 2. The number of aromatic nitrogens is 1. The lowest BCUT2D eigenvalue weighted by Crippen LogP contribution is -2.30. The SMILES string of the molecule is Cc1noc(C)c1COc1ccc(C(=O)OC(C)C(=O)Nc2cccc3ccccc23)cc1. The fourth-order valence-electron chi connectivity index (χ4n) is 3.40. The van der Waals surface area contributed by atoms with Gasteiger partial charge in [0.15, 0.2) is 6.10 Å². The van der Waals surface area contributed by atoms with Crippen LogP contribution >= 0.6 is 0 Å². The predicted molar refractivity (Wildman–Crippen MR) is 124 cm³/mol. The highest BCUT2D eigenvalue weighted by Crippen LogP contribution is 2.23. The molecule has 0 fully saturated rings. The highest BCUT2D eigenvalue weighted by molar-refractivity contribution is 6.04. The summed E-state index contributed by atoms with van der Waals surface area (Å²) in [6.07, 6.45) is -0.966. The molecule has 33 heavy (non-hydrogen) atoms. The topological polar surface area (TPSA) is 90.7 Å². The number of esters is 1. The van der Waals surface area contributed by atoms with E-state index in [-0.39, 0.29) is 0 Å². The van der Waals surface area contributed by atoms with Gasteiger partial charge >= 0.3 is 5.97 Å². The summed E-state index contributed by atoms with van der Waals surface area (Å²) in [7, 11) is 0. The fraction of sp³-hybridized carbons (Fsp3) is 0.192. The number of fused-ring (bicyclic) bond motifs is 1. The monoisotopic (exact) mass is 444 g/mol. The lowest BCUT2D eigenvalue weighted by molar-refractivity contribution is -0.123. The van der Waals surface area contributed by atoms with Crippen molar-refractivity contribution < 1.29 is 23.6 Å². The van der Waals surface area contributed by atoms with Gasteiger partial charge in [-0.15, -0.1) is 0 Å². The lowest BCUT2D eigenvalue weighted by Gasteiger charge is -2.15. The van der Waals surface area contributed by atoms with E-state index in [9.17, 15) is 9.59 Å². The van der Waals surface area contributed by atoms with E-state index in [0.717, 1.165) is 22.0 Å². The standard InChI is InChI=1S/C26H24N2O5/c1-16-23(17(2)33-28-16)15-31-21-13-11-20(12-14-21)26(30)32-18(3)25(29)27-24-10-6-8-19-7-4-5-9-22(19)24/h4-14,18H,15H2,1-3H3,(H,27,29). The molecule has 168 valence electrons. The molecule has 1 aromatic heterocycles. The molecule has 0 saturated heterocycles. The number of benzene rings is 3. The van der Waals surface area contributed by atoms with E-state index in [1.54, 1.807) is 31.2 Å². The van der Waals surface area contributed by atoms with Crippen molar-refractivity contribution in [1.29, 1.82) is 0 Å². The van der Waals surface area contributed by atoms with E-state index < -0.39 is 18.0 Å². The molecule has 4 aromatic rings. The van der Waals surface area contributed by atoms with Crippen LogP contribution in [-0.2, 0) is 16.1 Å². The minimum absolute atomic E-state index is 0.316. The molecule has 0 saturated carbocycles. The lowest BCUT2D eigenvalue weighted by atomic mass is 10.1. The van der Waals surface area contributed by atoms with Crippen molar-refractivity contribution in [1.82, 2.24) is 5.16 Å². The Labute approximate surface area is 191 Å². The van der Waals surface area contributed by atoms with Crippen molar-refractivity contribution in [2.24, 2.45) is 0 Å². The molecule has 4 rings (SSSR count). The van der Waals surface area contributed by atoms with E-state index in [1.807, 2.05) is 56.3 Å². The van der Waals surface area contributed by atoms with Gasteiger partial charge in [0, 0.05) is 11.1 Å². The van der Waals surface area contributed by atoms with Crippen molar-refractivity contribution >= 4 is 28.3 Å². The summed E-state index contributed by atoms with van der Waals surface area (Å²) in [4.78, 5) is 25.1. The van der Waals surface area contributed by atoms with Crippen LogP contribution in [0.25, 0.3) is 10.8 Å². The van der Waals surface area contributed by atoms with Crippen molar-refractivity contribution in [3.8, 4) is 5.75 Å². The van der Waals surface area contributed by atoms with E-state index >= 15 is 0 Å². The summed E-state index contributed by atoms with van der Waals surface area (Å²) in [5, 5.41) is 8.67. The maximum absolute atomic E-state index is 12.6. The number of ether oxygens (including phenoxy) is 2. The molecule has 3 aromatic carbocycles. The average Bonchev–Trinajstić information content (AvgIpc) is 3.15. The molecule has 1 unspecified atom stereocenters. The van der Waals surface area contributed by atoms with E-state index in [4.69, 9.17) is 14.0 Å². The minimum atomic E-state index is -0.966. The van der Waals surface area contributed by atoms with Gasteiger partial charge in [0.25, 0.3) is 5.91 Å². The molecule has 0 bridgehead atoms. The number of anilines is 1. The van der Waals surface area contributed by atoms with Crippen molar-refractivity contribution in [3.63, 3.8) is 0 Å². The zero-order chi connectivity index (χ0) is 23.4. The molecule has 1 heterocycles. The Bertz CT molecular complexity index is 1270. The summed E-state index contributed by atoms with van der Waals surface area (Å²) in [5.74, 6) is 0.309. The van der Waals surface area contributed by atoms with Gasteiger partial charge in [0.2, 0.25) is 0 Å². The summed E-state index contributed by atoms with van der Waals surface area (Å²) in [6, 6.07) is 19.9. The zero-order valence-electron chi connectivity index (χ0n) is 18.6. The number of hydrogen-bond acceptors (Lipinski definition) is 6. The van der Waals surface area contributed by atoms with Crippen molar-refractivity contribution in [2.45, 2.75) is 33.5 Å². The summed E-state index contributed by atoms with van der Waals surface area (Å²) in [6.45, 7) is 5.54. The second-order valence-electron chi connectivity index (χ2n) is 7.68. The van der Waals surface area contributed by atoms with E-state index in [0.29, 0.717) is 29.4 Å². The van der Waals surface area contributed by atoms with Crippen molar-refractivity contribution in [2.75, 3.05) is 5.32 Å². The molecule has 1 N–H and O–H groups in total. The summed E-state index contributed by atoms with van der Waals surface area (Å²) in [5.41, 5.74) is 2.67. The van der Waals surface area contributed by atoms with Crippen LogP contribution in [0.15, 0.2) is 71.3 Å². The third-order valence-electron chi connectivity index (χ3n) is 5.35. The predicted octanol–water partition coefficient (Wildman–Crippen LogP) is 5.21. The number of amides is 1. The largest absolute Gasteiger partial charge is 0.489 e. The first-order chi connectivity index (χ1) is 15.9. The molecule has 0 aliphatic rings. The first kappa shape index (κ1) is 22.1. The molecular formula is C26H24N2O5. The fourth-order valence-corrected chi connectivity index (χ4v) is 3.40. The van der Waals surface area contributed by atoms with Gasteiger partial charge in [-0.1, -0.05) is 41.6 Å². The first-order valence-electron chi connectivity index (χ1n) is 10.6. The molecule has 0 radical (unpaired) electrons. The van der Waals surface area contributed by atoms with Gasteiger partial charge in [-0.2, -0.15) is 0 Å². The molecule has 1 atom stereocenters. The molecule has 0 aliphatic heterocycles. The normalized spacial score (nSPS) is 11.7. The Morgan fingerprint density at radius 1 is 1.00 bits per heavy atom. The minimum Gasteiger partial charge on any atom is -0.489 e. The molecule has 7 heteroatoms. The van der Waals surface area contributed by atoms with Crippen LogP contribution in [0.2, 0.25) is 0 Å². The number of rotatable bonds is 7. The Hall–Kier alpha value is -4.13. The van der Waals surface area contributed by atoms with Gasteiger partial charge in [0.1, 0.15) is 18.1 Å². The Balaban J connectivity index is 1.34. The van der Waals surface area contributed by atoms with Crippen LogP contribution in [0.5, 0.6) is 5.75 Å². The maximum atomic E-state index is 12.6. The number of aryl methyl sites for hydroxylation is 2. The summed E-state index contributed by atoms with van der Waals surface area (Å²) < 4.78 is 16.2. The molecule has 1 amide bonds. The van der Waals surface area contributed by atoms with Gasteiger partial charge < -0.3 is 19.3 Å². The van der Waals surface area contributed by atoms with Crippen LogP contribution in [0.3, 0.4) is 0 Å². The molecular weight excluding hydrogens is 420 g/mol. The second kappa shape index (κ2) is 9.56. The number of hydrogen-bond donors (Lipinski definition) is 1. The Kier molecular flexibility index (Phi) is 6.40. The van der Waals surface area contributed by atoms with Crippen molar-refractivity contribution in [3.05, 3.63) is 89.3 Å². The highest BCUT2D eigenvalue weighted by Gasteiger charge is 2.20. The number of nitrogens with one attached hydrogen (secondary N) is 1. The van der Waals surface area contributed by atoms with E-state index in [2.05, 4.69) is 10.5 Å². The van der Waals surface area contributed by atoms with Gasteiger partial charge in [-0.3, -0.25) is 4.79 Å². The second-order valence-corrected chi connectivity index (χ2v) is 7.68. The van der Waals surface area contributed by atoms with Crippen LogP contribution in [-0.4, -0.2) is 23.1 Å². The highest BCUT2D eigenvalue weighted by atomic mass is 16.5. The first-order valence-corrected chi connectivity index (χ1v) is 10.6. The van der Waals surface area contributed by atoms with Gasteiger partial charge in [-0.25, -0.2) is 4.79 Å². The third-order valence-corrected chi connectivity index (χ3v) is 5.35. The number of nitrogens with zero attached hydrogens (tertiary/aromatic N) is 1. The molecule has 7 nitrogen and oxygen atoms in total. The third kappa shape index (κ3) is 5.03. The quantitative estimate of drug-likeness (QED) is 0.394. The van der Waals surface area contributed by atoms with Crippen LogP contribution in [0, 0.1) is 13.8 Å². The Morgan fingerprint density at radius 3 is 2.45 bits per heavy atom. The smallest absolute Gasteiger partial charge is 0.338 e.